The molecule has 1 aliphatic heterocycles. The summed E-state index contributed by atoms with van der Waals surface area (Å²) in [5.74, 6) is -1.05. The summed E-state index contributed by atoms with van der Waals surface area (Å²) in [5, 5.41) is 21.1. The number of benzene rings is 2. The van der Waals surface area contributed by atoms with E-state index in [9.17, 15) is 19.8 Å². The number of halogens is 1. The topological polar surface area (TPSA) is 96.3 Å². The van der Waals surface area contributed by atoms with E-state index in [0.717, 1.165) is 0 Å². The summed E-state index contributed by atoms with van der Waals surface area (Å²) in [4.78, 5) is 27.4. The van der Waals surface area contributed by atoms with Gasteiger partial charge in [0, 0.05) is 25.8 Å². The second-order valence-electron chi connectivity index (χ2n) is 8.28. The van der Waals surface area contributed by atoms with Crippen LogP contribution in [0.5, 0.6) is 11.5 Å². The van der Waals surface area contributed by atoms with Gasteiger partial charge >= 0.3 is 0 Å². The molecule has 1 aliphatic rings. The van der Waals surface area contributed by atoms with E-state index in [1.807, 2.05) is 13.8 Å². The zero-order valence-corrected chi connectivity index (χ0v) is 19.6. The lowest BCUT2D eigenvalue weighted by Crippen LogP contribution is -2.31. The zero-order valence-electron chi connectivity index (χ0n) is 18.9. The number of aliphatic hydroxyl groups excluding tert-OH is 1. The number of rotatable bonds is 9. The molecule has 0 radical (unpaired) electrons. The summed E-state index contributed by atoms with van der Waals surface area (Å²) in [6, 6.07) is 10.4. The molecule has 0 bridgehead atoms. The molecule has 1 heterocycles. The minimum Gasteiger partial charge on any atom is -0.507 e. The SMILES string of the molecule is COCCCN1C(=O)C(=O)/C(=C(\O)c2cccc(OCC(C)C)c2)C1c1ccc(O)c(Cl)c1. The van der Waals surface area contributed by atoms with Crippen molar-refractivity contribution >= 4 is 29.1 Å². The molecule has 8 heteroatoms. The van der Waals surface area contributed by atoms with Gasteiger partial charge in [0.1, 0.15) is 17.3 Å². The third kappa shape index (κ3) is 5.49. The van der Waals surface area contributed by atoms with E-state index in [-0.39, 0.29) is 28.6 Å². The van der Waals surface area contributed by atoms with Crippen molar-refractivity contribution in [2.75, 3.05) is 26.9 Å². The smallest absolute Gasteiger partial charge is 0.295 e. The Kier molecular flexibility index (Phi) is 8.00. The molecule has 1 fully saturated rings. The lowest BCUT2D eigenvalue weighted by atomic mass is 9.95. The van der Waals surface area contributed by atoms with Crippen LogP contribution < -0.4 is 4.74 Å². The quantitative estimate of drug-likeness (QED) is 0.240. The van der Waals surface area contributed by atoms with Gasteiger partial charge in [-0.25, -0.2) is 0 Å². The molecule has 1 atom stereocenters. The Labute approximate surface area is 198 Å². The monoisotopic (exact) mass is 473 g/mol. The predicted octanol–water partition coefficient (Wildman–Crippen LogP) is 4.54. The van der Waals surface area contributed by atoms with Gasteiger partial charge in [0.2, 0.25) is 0 Å². The first kappa shape index (κ1) is 24.6. The van der Waals surface area contributed by atoms with E-state index < -0.39 is 17.7 Å². The minimum absolute atomic E-state index is 0.0415. The number of methoxy groups -OCH3 is 1. The van der Waals surface area contributed by atoms with E-state index in [1.165, 1.54) is 17.0 Å². The number of ether oxygens (including phenoxy) is 2. The van der Waals surface area contributed by atoms with Crippen molar-refractivity contribution in [1.29, 1.82) is 0 Å². The summed E-state index contributed by atoms with van der Waals surface area (Å²) in [7, 11) is 1.56. The molecule has 2 aromatic rings. The number of nitrogens with zero attached hydrogens (tertiary/aromatic N) is 1. The van der Waals surface area contributed by atoms with Crippen LogP contribution in [0.15, 0.2) is 48.0 Å². The molecule has 0 aromatic heterocycles. The van der Waals surface area contributed by atoms with Crippen molar-refractivity contribution in [3.8, 4) is 11.5 Å². The number of ketones is 1. The Morgan fingerprint density at radius 3 is 2.61 bits per heavy atom. The molecule has 1 saturated heterocycles. The van der Waals surface area contributed by atoms with Gasteiger partial charge in [0.25, 0.3) is 11.7 Å². The van der Waals surface area contributed by atoms with Crippen LogP contribution in [0, 0.1) is 5.92 Å². The van der Waals surface area contributed by atoms with Crippen LogP contribution in [0.2, 0.25) is 5.02 Å². The molecule has 33 heavy (non-hydrogen) atoms. The van der Waals surface area contributed by atoms with E-state index in [2.05, 4.69) is 0 Å². The molecular weight excluding hydrogens is 446 g/mol. The standard InChI is InChI=1S/C25H28ClNO6/c1-15(2)14-33-18-7-4-6-17(12-18)23(29)21-22(16-8-9-20(28)19(26)13-16)27(10-5-11-32-3)25(31)24(21)30/h4,6-9,12-13,15,22,28-29H,5,10-11,14H2,1-3H3/b23-21-. The third-order valence-corrected chi connectivity index (χ3v) is 5.57. The Bertz CT molecular complexity index is 1060. The molecule has 1 amide bonds. The van der Waals surface area contributed by atoms with Crippen molar-refractivity contribution in [2.24, 2.45) is 5.92 Å². The first-order chi connectivity index (χ1) is 15.7. The van der Waals surface area contributed by atoms with Crippen LogP contribution in [-0.4, -0.2) is 53.7 Å². The summed E-state index contributed by atoms with van der Waals surface area (Å²) in [5.41, 5.74) is 0.824. The zero-order chi connectivity index (χ0) is 24.1. The summed E-state index contributed by atoms with van der Waals surface area (Å²) in [6.07, 6.45) is 0.504. The highest BCUT2D eigenvalue weighted by atomic mass is 35.5. The van der Waals surface area contributed by atoms with Crippen LogP contribution in [0.4, 0.5) is 0 Å². The maximum Gasteiger partial charge on any atom is 0.295 e. The summed E-state index contributed by atoms with van der Waals surface area (Å²) >= 11 is 6.11. The van der Waals surface area contributed by atoms with E-state index in [0.29, 0.717) is 42.4 Å². The third-order valence-electron chi connectivity index (χ3n) is 5.27. The van der Waals surface area contributed by atoms with Gasteiger partial charge in [0.05, 0.1) is 23.2 Å². The number of likely N-dealkylation sites (tertiary alicyclic amines) is 1. The number of carbonyl (C=O) groups excluding carboxylic acids is 2. The summed E-state index contributed by atoms with van der Waals surface area (Å²) in [6.45, 7) is 5.20. The molecule has 2 N–H and O–H groups in total. The molecule has 0 spiro atoms. The lowest BCUT2D eigenvalue weighted by Gasteiger charge is -2.25. The van der Waals surface area contributed by atoms with Crippen molar-refractivity contribution in [3.63, 3.8) is 0 Å². The van der Waals surface area contributed by atoms with Gasteiger partial charge in [-0.3, -0.25) is 9.59 Å². The number of carbonyl (C=O) groups is 2. The lowest BCUT2D eigenvalue weighted by molar-refractivity contribution is -0.140. The fourth-order valence-corrected chi connectivity index (χ4v) is 3.87. The largest absolute Gasteiger partial charge is 0.507 e. The number of phenols is 1. The van der Waals surface area contributed by atoms with Crippen molar-refractivity contribution in [3.05, 3.63) is 64.2 Å². The Balaban J connectivity index is 2.08. The number of aromatic hydroxyl groups is 1. The second kappa shape index (κ2) is 10.7. The molecule has 2 aromatic carbocycles. The van der Waals surface area contributed by atoms with Crippen molar-refractivity contribution in [2.45, 2.75) is 26.3 Å². The maximum atomic E-state index is 13.0. The molecule has 7 nitrogen and oxygen atoms in total. The summed E-state index contributed by atoms with van der Waals surface area (Å²) < 4.78 is 10.8. The second-order valence-corrected chi connectivity index (χ2v) is 8.69. The molecule has 3 rings (SSSR count). The predicted molar refractivity (Wildman–Crippen MR) is 125 cm³/mol. The number of hydrogen-bond acceptors (Lipinski definition) is 6. The molecule has 0 saturated carbocycles. The van der Waals surface area contributed by atoms with Gasteiger partial charge in [-0.05, 0) is 42.2 Å². The molecule has 1 unspecified atom stereocenters. The van der Waals surface area contributed by atoms with Crippen LogP contribution in [0.3, 0.4) is 0 Å². The Hall–Kier alpha value is -3.03. The van der Waals surface area contributed by atoms with Gasteiger partial charge in [0.15, 0.2) is 0 Å². The fourth-order valence-electron chi connectivity index (χ4n) is 3.68. The molecule has 176 valence electrons. The Morgan fingerprint density at radius 1 is 1.18 bits per heavy atom. The number of hydrogen-bond donors (Lipinski definition) is 2. The van der Waals surface area contributed by atoms with Gasteiger partial charge < -0.3 is 24.6 Å². The molecular formula is C25H28ClNO6. The highest BCUT2D eigenvalue weighted by Crippen LogP contribution is 2.41. The normalized spacial score (nSPS) is 17.7. The van der Waals surface area contributed by atoms with Crippen molar-refractivity contribution in [1.82, 2.24) is 4.90 Å². The first-order valence-corrected chi connectivity index (χ1v) is 11.1. The number of Topliss-reactive ketones (excluding diaryl/α,β-unsaturated/α-hetero) is 1. The average Bonchev–Trinajstić information content (AvgIpc) is 3.04. The highest BCUT2D eigenvalue weighted by molar-refractivity contribution is 6.46. The van der Waals surface area contributed by atoms with Crippen LogP contribution in [0.25, 0.3) is 5.76 Å². The Morgan fingerprint density at radius 2 is 1.94 bits per heavy atom. The number of amides is 1. The van der Waals surface area contributed by atoms with Crippen LogP contribution >= 0.6 is 11.6 Å². The van der Waals surface area contributed by atoms with E-state index >= 15 is 0 Å². The van der Waals surface area contributed by atoms with Crippen molar-refractivity contribution < 1.29 is 29.3 Å². The van der Waals surface area contributed by atoms with Crippen LogP contribution in [-0.2, 0) is 14.3 Å². The van der Waals surface area contributed by atoms with Crippen LogP contribution in [0.1, 0.15) is 37.4 Å². The number of phenolic OH excluding ortho intramolecular Hbond substituents is 1. The minimum atomic E-state index is -0.861. The highest BCUT2D eigenvalue weighted by Gasteiger charge is 2.46. The number of aliphatic hydroxyl groups is 1. The maximum absolute atomic E-state index is 13.0. The van der Waals surface area contributed by atoms with E-state index in [1.54, 1.807) is 37.4 Å². The first-order valence-electron chi connectivity index (χ1n) is 10.7. The van der Waals surface area contributed by atoms with Gasteiger partial charge in [-0.1, -0.05) is 43.6 Å². The fraction of sp³-hybridized carbons (Fsp3) is 0.360. The average molecular weight is 474 g/mol. The van der Waals surface area contributed by atoms with Gasteiger partial charge in [-0.2, -0.15) is 0 Å². The van der Waals surface area contributed by atoms with E-state index in [4.69, 9.17) is 21.1 Å². The van der Waals surface area contributed by atoms with Gasteiger partial charge in [-0.15, -0.1) is 0 Å². The molecule has 0 aliphatic carbocycles.